The van der Waals surface area contributed by atoms with Gasteiger partial charge in [0.05, 0.1) is 59.7 Å². The van der Waals surface area contributed by atoms with Crippen molar-refractivity contribution in [2.24, 2.45) is 5.73 Å². The number of carbonyl (C=O) groups excluding carboxylic acids is 1. The summed E-state index contributed by atoms with van der Waals surface area (Å²) >= 11 is 0. The number of halogens is 6. The van der Waals surface area contributed by atoms with Gasteiger partial charge in [-0.15, -0.1) is 0 Å². The molecule has 3 heterocycles. The van der Waals surface area contributed by atoms with Gasteiger partial charge in [0.1, 0.15) is 11.5 Å². The molecule has 266 valence electrons. The highest BCUT2D eigenvalue weighted by Gasteiger charge is 2.47. The van der Waals surface area contributed by atoms with Crippen LogP contribution in [0.5, 0.6) is 5.88 Å². The van der Waals surface area contributed by atoms with Gasteiger partial charge in [0.15, 0.2) is 0 Å². The SMILES string of the molecule is CC[C@]1(N)C[C@H](c2ncc(N(C)C)c(Cc3cc(C(F)(F)F)cc(C(F)(F)F)c3)n2)c2nc(OC)ccc2N1C(=O)OCCCCC(=O)O. The van der Waals surface area contributed by atoms with Crippen LogP contribution in [0, 0.1) is 0 Å². The summed E-state index contributed by atoms with van der Waals surface area (Å²) in [6.45, 7) is 1.69. The van der Waals surface area contributed by atoms with Crippen LogP contribution in [-0.2, 0) is 28.3 Å². The first-order valence-corrected chi connectivity index (χ1v) is 15.2. The van der Waals surface area contributed by atoms with Crippen LogP contribution in [0.2, 0.25) is 0 Å². The third kappa shape index (κ3) is 8.50. The predicted molar refractivity (Wildman–Crippen MR) is 165 cm³/mol. The highest BCUT2D eigenvalue weighted by atomic mass is 19.4. The molecule has 0 fully saturated rings. The van der Waals surface area contributed by atoms with Gasteiger partial charge >= 0.3 is 24.4 Å². The molecule has 1 aliphatic rings. The molecule has 4 rings (SSSR count). The summed E-state index contributed by atoms with van der Waals surface area (Å²) in [5, 5.41) is 8.87. The minimum absolute atomic E-state index is 0.00726. The van der Waals surface area contributed by atoms with E-state index in [0.717, 1.165) is 0 Å². The summed E-state index contributed by atoms with van der Waals surface area (Å²) in [5.74, 6) is -1.47. The number of alkyl halides is 6. The Labute approximate surface area is 278 Å². The number of carboxylic acids is 1. The van der Waals surface area contributed by atoms with Crippen LogP contribution in [-0.4, -0.2) is 65.6 Å². The molecule has 0 unspecified atom stereocenters. The van der Waals surface area contributed by atoms with Gasteiger partial charge in [-0.05, 0) is 55.5 Å². The number of unbranched alkanes of at least 4 members (excludes halogenated alkanes) is 1. The monoisotopic (exact) mass is 698 g/mol. The zero-order valence-electron chi connectivity index (χ0n) is 27.2. The summed E-state index contributed by atoms with van der Waals surface area (Å²) in [7, 11) is 4.65. The molecule has 0 saturated heterocycles. The maximum atomic E-state index is 13.6. The number of methoxy groups -OCH3 is 1. The van der Waals surface area contributed by atoms with Gasteiger partial charge in [0.2, 0.25) is 5.88 Å². The summed E-state index contributed by atoms with van der Waals surface area (Å²) in [4.78, 5) is 40.9. The number of benzene rings is 1. The van der Waals surface area contributed by atoms with Gasteiger partial charge in [-0.25, -0.2) is 19.7 Å². The second-order valence-corrected chi connectivity index (χ2v) is 11.8. The molecule has 0 radical (unpaired) electrons. The fourth-order valence-corrected chi connectivity index (χ4v) is 5.60. The van der Waals surface area contributed by atoms with Crippen LogP contribution < -0.4 is 20.3 Å². The number of hydrogen-bond acceptors (Lipinski definition) is 9. The number of pyridine rings is 1. The molecular weight excluding hydrogens is 662 g/mol. The standard InChI is InChI=1S/C32H36F6N6O5/c1-5-30(39)16-21(27-23(9-10-25(42-27)48-4)44(30)29(47)49-11-7-6-8-26(45)46)28-40-17-24(43(2)3)22(41-28)14-18-12-19(31(33,34)35)15-20(13-18)32(36,37)38/h9-10,12-13,15,17,21H,5-8,11,14,16,39H2,1-4H3,(H,45,46)/t21-,30+/m0/s1. The average molecular weight is 699 g/mol. The molecule has 2 atom stereocenters. The number of rotatable bonds is 11. The molecule has 1 amide bonds. The van der Waals surface area contributed by atoms with E-state index in [4.69, 9.17) is 20.3 Å². The van der Waals surface area contributed by atoms with Crippen molar-refractivity contribution in [3.63, 3.8) is 0 Å². The lowest BCUT2D eigenvalue weighted by molar-refractivity contribution is -0.143. The first-order valence-electron chi connectivity index (χ1n) is 15.2. The van der Waals surface area contributed by atoms with Crippen LogP contribution in [0.3, 0.4) is 0 Å². The van der Waals surface area contributed by atoms with E-state index in [1.807, 2.05) is 0 Å². The smallest absolute Gasteiger partial charge is 0.416 e. The van der Waals surface area contributed by atoms with Crippen LogP contribution in [0.4, 0.5) is 42.5 Å². The predicted octanol–water partition coefficient (Wildman–Crippen LogP) is 6.37. The molecule has 11 nitrogen and oxygen atoms in total. The molecule has 0 aliphatic carbocycles. The summed E-state index contributed by atoms with van der Waals surface area (Å²) < 4.78 is 92.6. The molecule has 2 aromatic heterocycles. The van der Waals surface area contributed by atoms with Crippen LogP contribution in [0.15, 0.2) is 36.5 Å². The van der Waals surface area contributed by atoms with Crippen molar-refractivity contribution in [2.75, 3.05) is 37.6 Å². The van der Waals surface area contributed by atoms with E-state index in [0.29, 0.717) is 30.7 Å². The molecule has 17 heteroatoms. The first kappa shape index (κ1) is 37.2. The van der Waals surface area contributed by atoms with Gasteiger partial charge in [-0.1, -0.05) is 6.92 Å². The Hall–Kier alpha value is -4.67. The summed E-state index contributed by atoms with van der Waals surface area (Å²) in [6, 6.07) is 4.46. The van der Waals surface area contributed by atoms with E-state index in [9.17, 15) is 35.9 Å². The van der Waals surface area contributed by atoms with Gasteiger partial charge in [-0.3, -0.25) is 9.69 Å². The maximum Gasteiger partial charge on any atom is 0.416 e. The molecule has 3 N–H and O–H groups in total. The molecule has 3 aromatic rings. The highest BCUT2D eigenvalue weighted by molar-refractivity contribution is 5.91. The van der Waals surface area contributed by atoms with E-state index in [2.05, 4.69) is 15.0 Å². The third-order valence-electron chi connectivity index (χ3n) is 8.14. The molecule has 0 saturated carbocycles. The van der Waals surface area contributed by atoms with E-state index < -0.39 is 53.5 Å². The Balaban J connectivity index is 1.79. The number of nitrogens with zero attached hydrogens (tertiary/aromatic N) is 5. The minimum atomic E-state index is -5.02. The van der Waals surface area contributed by atoms with Crippen molar-refractivity contribution in [2.45, 2.75) is 69.4 Å². The van der Waals surface area contributed by atoms with Gasteiger partial charge in [0, 0.05) is 33.0 Å². The van der Waals surface area contributed by atoms with E-state index >= 15 is 0 Å². The Morgan fingerprint density at radius 3 is 2.27 bits per heavy atom. The van der Waals surface area contributed by atoms with Crippen molar-refractivity contribution < 1.29 is 50.5 Å². The van der Waals surface area contributed by atoms with E-state index in [-0.39, 0.29) is 66.3 Å². The molecule has 0 spiro atoms. The minimum Gasteiger partial charge on any atom is -0.481 e. The van der Waals surface area contributed by atoms with Crippen molar-refractivity contribution in [1.82, 2.24) is 15.0 Å². The Bertz CT molecular complexity index is 1650. The lowest BCUT2D eigenvalue weighted by atomic mass is 9.83. The second kappa shape index (κ2) is 14.4. The Kier molecular flexibility index (Phi) is 10.9. The van der Waals surface area contributed by atoms with Crippen molar-refractivity contribution in [3.05, 3.63) is 70.4 Å². The molecule has 1 aromatic carbocycles. The fourth-order valence-electron chi connectivity index (χ4n) is 5.60. The van der Waals surface area contributed by atoms with Crippen LogP contribution in [0.1, 0.15) is 78.8 Å². The maximum absolute atomic E-state index is 13.6. The lowest BCUT2D eigenvalue weighted by Crippen LogP contribution is -2.61. The molecule has 1 aliphatic heterocycles. The number of ether oxygens (including phenoxy) is 2. The quantitative estimate of drug-likeness (QED) is 0.171. The number of carboxylic acid groups (broad SMARTS) is 1. The molecule has 0 bridgehead atoms. The summed E-state index contributed by atoms with van der Waals surface area (Å²) in [6.07, 6.45) is -9.09. The number of carbonyl (C=O) groups is 2. The number of fused-ring (bicyclic) bond motifs is 1. The number of amides is 1. The summed E-state index contributed by atoms with van der Waals surface area (Å²) in [5.41, 5.74) is 3.36. The Morgan fingerprint density at radius 2 is 1.71 bits per heavy atom. The third-order valence-corrected chi connectivity index (χ3v) is 8.14. The first-order chi connectivity index (χ1) is 22.9. The number of anilines is 2. The van der Waals surface area contributed by atoms with Crippen LogP contribution in [0.25, 0.3) is 0 Å². The van der Waals surface area contributed by atoms with Crippen molar-refractivity contribution in [3.8, 4) is 5.88 Å². The zero-order valence-corrected chi connectivity index (χ0v) is 27.2. The fraction of sp³-hybridized carbons (Fsp3) is 0.469. The van der Waals surface area contributed by atoms with Gasteiger partial charge in [0.25, 0.3) is 0 Å². The number of aliphatic carboxylic acids is 1. The van der Waals surface area contributed by atoms with E-state index in [1.54, 1.807) is 32.0 Å². The topological polar surface area (TPSA) is 144 Å². The van der Waals surface area contributed by atoms with Gasteiger partial charge < -0.3 is 25.2 Å². The number of nitrogens with two attached hydrogens (primary N) is 1. The van der Waals surface area contributed by atoms with Gasteiger partial charge in [-0.2, -0.15) is 26.3 Å². The zero-order chi connectivity index (χ0) is 36.3. The average Bonchev–Trinajstić information content (AvgIpc) is 3.02. The molecule has 49 heavy (non-hydrogen) atoms. The molecular formula is C32H36F6N6O5. The van der Waals surface area contributed by atoms with Crippen molar-refractivity contribution in [1.29, 1.82) is 0 Å². The number of hydrogen-bond donors (Lipinski definition) is 2. The number of aromatic nitrogens is 3. The highest BCUT2D eigenvalue weighted by Crippen LogP contribution is 2.46. The normalized spacial score (nSPS) is 17.8. The van der Waals surface area contributed by atoms with E-state index in [1.165, 1.54) is 24.3 Å². The second-order valence-electron chi connectivity index (χ2n) is 11.8. The van der Waals surface area contributed by atoms with Crippen LogP contribution >= 0.6 is 0 Å². The van der Waals surface area contributed by atoms with Crippen molar-refractivity contribution >= 4 is 23.4 Å². The lowest BCUT2D eigenvalue weighted by Gasteiger charge is -2.46. The largest absolute Gasteiger partial charge is 0.481 e. The Morgan fingerprint density at radius 1 is 1.06 bits per heavy atom.